The number of nitrogens with two attached hydrogens (primary N) is 3. The maximum Gasteiger partial charge on any atom is 0.226 e. The second-order valence-corrected chi connectivity index (χ2v) is 4.72. The number of amides is 1. The number of benzene rings is 1. The van der Waals surface area contributed by atoms with Gasteiger partial charge in [-0.05, 0) is 18.2 Å². The van der Waals surface area contributed by atoms with Crippen molar-refractivity contribution in [1.82, 2.24) is 0 Å². The molecule has 0 aliphatic heterocycles. The third kappa shape index (κ3) is 4.77. The van der Waals surface area contributed by atoms with Crippen molar-refractivity contribution in [1.29, 1.82) is 0 Å². The Balaban J connectivity index is 3.04. The summed E-state index contributed by atoms with van der Waals surface area (Å²) in [6, 6.07) is 4.84. The summed E-state index contributed by atoms with van der Waals surface area (Å²) < 4.78 is 0. The summed E-state index contributed by atoms with van der Waals surface area (Å²) in [6.45, 7) is 3.59. The Morgan fingerprint density at radius 1 is 1.30 bits per heavy atom. The quantitative estimate of drug-likeness (QED) is 0.492. The van der Waals surface area contributed by atoms with Gasteiger partial charge in [0.05, 0.1) is 10.7 Å². The van der Waals surface area contributed by atoms with Crippen molar-refractivity contribution >= 4 is 40.8 Å². The highest BCUT2D eigenvalue weighted by atomic mass is 35.5. The molecular formula is C12H17ClN6O. The highest BCUT2D eigenvalue weighted by Gasteiger charge is 2.08. The fraction of sp³-hybridized carbons (Fsp3) is 0.250. The van der Waals surface area contributed by atoms with Crippen LogP contribution < -0.4 is 22.5 Å². The van der Waals surface area contributed by atoms with Gasteiger partial charge in [0.15, 0.2) is 5.96 Å². The fourth-order valence-electron chi connectivity index (χ4n) is 1.24. The van der Waals surface area contributed by atoms with E-state index in [9.17, 15) is 4.79 Å². The van der Waals surface area contributed by atoms with Crippen LogP contribution in [0.5, 0.6) is 0 Å². The molecule has 0 saturated heterocycles. The number of hydrogen-bond donors (Lipinski definition) is 4. The third-order valence-electron chi connectivity index (χ3n) is 2.22. The molecule has 1 rings (SSSR count). The van der Waals surface area contributed by atoms with Crippen LogP contribution in [-0.2, 0) is 4.79 Å². The zero-order valence-corrected chi connectivity index (χ0v) is 12.0. The van der Waals surface area contributed by atoms with Gasteiger partial charge in [-0.15, -0.1) is 0 Å². The monoisotopic (exact) mass is 296 g/mol. The van der Waals surface area contributed by atoms with Gasteiger partial charge in [-0.1, -0.05) is 25.4 Å². The van der Waals surface area contributed by atoms with Crippen LogP contribution in [0, 0.1) is 5.92 Å². The molecule has 7 nitrogen and oxygen atoms in total. The number of halogens is 1. The van der Waals surface area contributed by atoms with Crippen LogP contribution in [0.25, 0.3) is 0 Å². The van der Waals surface area contributed by atoms with E-state index in [1.165, 1.54) is 0 Å². The first-order valence-electron chi connectivity index (χ1n) is 5.83. The molecule has 20 heavy (non-hydrogen) atoms. The molecule has 8 heteroatoms. The minimum atomic E-state index is -0.202. The average Bonchev–Trinajstić information content (AvgIpc) is 2.32. The van der Waals surface area contributed by atoms with E-state index in [0.29, 0.717) is 16.4 Å². The number of aliphatic imine (C=N–C) groups is 2. The molecule has 0 heterocycles. The first kappa shape index (κ1) is 15.8. The molecule has 0 unspecified atom stereocenters. The van der Waals surface area contributed by atoms with Crippen LogP contribution in [-0.4, -0.2) is 17.8 Å². The van der Waals surface area contributed by atoms with Gasteiger partial charge in [0.1, 0.15) is 0 Å². The second-order valence-electron chi connectivity index (χ2n) is 4.32. The Labute approximate surface area is 121 Å². The lowest BCUT2D eigenvalue weighted by molar-refractivity contribution is -0.118. The lowest BCUT2D eigenvalue weighted by Gasteiger charge is -2.09. The van der Waals surface area contributed by atoms with E-state index >= 15 is 0 Å². The zero-order valence-electron chi connectivity index (χ0n) is 11.2. The molecule has 1 aromatic carbocycles. The summed E-state index contributed by atoms with van der Waals surface area (Å²) in [6.07, 6.45) is 0. The van der Waals surface area contributed by atoms with Crippen LogP contribution >= 0.6 is 11.6 Å². The molecule has 108 valence electrons. The van der Waals surface area contributed by atoms with E-state index in [0.717, 1.165) is 0 Å². The number of nitrogens with zero attached hydrogens (tertiary/aromatic N) is 2. The van der Waals surface area contributed by atoms with Crippen molar-refractivity contribution in [3.8, 4) is 0 Å². The number of rotatable bonds is 3. The molecule has 0 radical (unpaired) electrons. The van der Waals surface area contributed by atoms with E-state index in [2.05, 4.69) is 15.3 Å². The van der Waals surface area contributed by atoms with Crippen molar-refractivity contribution in [2.24, 2.45) is 33.1 Å². The molecule has 0 spiro atoms. The summed E-state index contributed by atoms with van der Waals surface area (Å²) in [5.41, 5.74) is 16.8. The van der Waals surface area contributed by atoms with Gasteiger partial charge in [-0.25, -0.2) is 4.99 Å². The van der Waals surface area contributed by atoms with E-state index in [1.807, 2.05) is 0 Å². The highest BCUT2D eigenvalue weighted by molar-refractivity contribution is 6.33. The van der Waals surface area contributed by atoms with Gasteiger partial charge >= 0.3 is 0 Å². The topological polar surface area (TPSA) is 132 Å². The molecular weight excluding hydrogens is 280 g/mol. The second kappa shape index (κ2) is 6.76. The third-order valence-corrected chi connectivity index (χ3v) is 2.54. The molecule has 0 saturated carbocycles. The van der Waals surface area contributed by atoms with Gasteiger partial charge in [-0.2, -0.15) is 4.99 Å². The van der Waals surface area contributed by atoms with Crippen molar-refractivity contribution in [3.05, 3.63) is 23.2 Å². The molecule has 0 aliphatic carbocycles. The number of carbonyl (C=O) groups excluding carboxylic acids is 1. The largest absolute Gasteiger partial charge is 0.370 e. The molecule has 0 bridgehead atoms. The van der Waals surface area contributed by atoms with Crippen LogP contribution in [0.3, 0.4) is 0 Å². The standard InChI is InChI=1S/C12H17ClN6O/c1-6(2)10(20)17-7-3-4-8(13)9(5-7)18-12(16)19-11(14)15/h3-6H,1-2H3,(H,17,20)(H6,14,15,16,18,19). The number of guanidine groups is 2. The Bertz CT molecular complexity index is 563. The SMILES string of the molecule is CC(C)C(=O)Nc1ccc(Cl)c(N=C(N)N=C(N)N)c1. The van der Waals surface area contributed by atoms with Gasteiger partial charge in [0, 0.05) is 11.6 Å². The van der Waals surface area contributed by atoms with Gasteiger partial charge in [0.25, 0.3) is 0 Å². The summed E-state index contributed by atoms with van der Waals surface area (Å²) in [7, 11) is 0. The molecule has 0 aromatic heterocycles. The minimum absolute atomic E-state index is 0.112. The van der Waals surface area contributed by atoms with E-state index in [4.69, 9.17) is 28.8 Å². The Morgan fingerprint density at radius 3 is 2.50 bits per heavy atom. The van der Waals surface area contributed by atoms with Crippen LogP contribution in [0.1, 0.15) is 13.8 Å². The molecule has 1 aromatic rings. The predicted octanol–water partition coefficient (Wildman–Crippen LogP) is 1.15. The first-order valence-corrected chi connectivity index (χ1v) is 6.21. The average molecular weight is 297 g/mol. The molecule has 0 fully saturated rings. The minimum Gasteiger partial charge on any atom is -0.370 e. The Morgan fingerprint density at radius 2 is 1.95 bits per heavy atom. The highest BCUT2D eigenvalue weighted by Crippen LogP contribution is 2.28. The maximum absolute atomic E-state index is 11.6. The smallest absolute Gasteiger partial charge is 0.226 e. The summed E-state index contributed by atoms with van der Waals surface area (Å²) in [4.78, 5) is 19.2. The molecule has 1 amide bonds. The Hall–Kier alpha value is -2.28. The molecule has 0 atom stereocenters. The van der Waals surface area contributed by atoms with Crippen LogP contribution in [0.15, 0.2) is 28.2 Å². The van der Waals surface area contributed by atoms with Crippen molar-refractivity contribution < 1.29 is 4.79 Å². The zero-order chi connectivity index (χ0) is 15.3. The molecule has 0 aliphatic rings. The number of nitrogens with one attached hydrogen (secondary N) is 1. The van der Waals surface area contributed by atoms with Gasteiger partial charge < -0.3 is 22.5 Å². The number of anilines is 1. The fourth-order valence-corrected chi connectivity index (χ4v) is 1.40. The van der Waals surface area contributed by atoms with E-state index in [-0.39, 0.29) is 23.7 Å². The van der Waals surface area contributed by atoms with Crippen LogP contribution in [0.4, 0.5) is 11.4 Å². The van der Waals surface area contributed by atoms with Gasteiger partial charge in [0.2, 0.25) is 11.9 Å². The lowest BCUT2D eigenvalue weighted by atomic mass is 10.2. The van der Waals surface area contributed by atoms with Gasteiger partial charge in [-0.3, -0.25) is 4.79 Å². The molecule has 7 N–H and O–H groups in total. The first-order chi connectivity index (χ1) is 9.29. The van der Waals surface area contributed by atoms with Crippen molar-refractivity contribution in [3.63, 3.8) is 0 Å². The van der Waals surface area contributed by atoms with Crippen LogP contribution in [0.2, 0.25) is 5.02 Å². The summed E-state index contributed by atoms with van der Waals surface area (Å²) >= 11 is 5.99. The predicted molar refractivity (Wildman–Crippen MR) is 82.0 cm³/mol. The van der Waals surface area contributed by atoms with Crippen molar-refractivity contribution in [2.75, 3.05) is 5.32 Å². The normalized spacial score (nSPS) is 11.3. The summed E-state index contributed by atoms with van der Waals surface area (Å²) in [5.74, 6) is -0.574. The number of carbonyl (C=O) groups is 1. The summed E-state index contributed by atoms with van der Waals surface area (Å²) in [5, 5.41) is 3.09. The van der Waals surface area contributed by atoms with E-state index in [1.54, 1.807) is 32.0 Å². The lowest BCUT2D eigenvalue weighted by Crippen LogP contribution is -2.26. The van der Waals surface area contributed by atoms with E-state index < -0.39 is 0 Å². The maximum atomic E-state index is 11.6. The Kier molecular flexibility index (Phi) is 5.33. The van der Waals surface area contributed by atoms with Crippen molar-refractivity contribution in [2.45, 2.75) is 13.8 Å². The number of hydrogen-bond acceptors (Lipinski definition) is 2.